The van der Waals surface area contributed by atoms with Crippen molar-refractivity contribution in [1.82, 2.24) is 4.90 Å². The second kappa shape index (κ2) is 7.96. The third-order valence-corrected chi connectivity index (χ3v) is 3.13. The van der Waals surface area contributed by atoms with Crippen LogP contribution in [0.1, 0.15) is 12.8 Å². The van der Waals surface area contributed by atoms with Gasteiger partial charge >= 0.3 is 5.97 Å². The molecule has 0 saturated carbocycles. The highest BCUT2D eigenvalue weighted by Gasteiger charge is 2.09. The minimum absolute atomic E-state index is 0.0272. The number of carboxylic acids is 1. The highest BCUT2D eigenvalue weighted by molar-refractivity contribution is 9.10. The normalized spacial score (nSPS) is 10.6. The van der Waals surface area contributed by atoms with Gasteiger partial charge in [0.25, 0.3) is 0 Å². The first-order valence-electron chi connectivity index (χ1n) is 6.03. The maximum Gasteiger partial charge on any atom is 0.304 e. The molecule has 5 nitrogen and oxygen atoms in total. The number of nitrogens with zero attached hydrogens (tertiary/aromatic N) is 1. The minimum atomic E-state index is -0.877. The second-order valence-electron chi connectivity index (χ2n) is 4.37. The smallest absolute Gasteiger partial charge is 0.304 e. The number of hydrogen-bond donors (Lipinski definition) is 2. The number of nitrogens with one attached hydrogen (secondary N) is 1. The Morgan fingerprint density at radius 3 is 2.60 bits per heavy atom. The van der Waals surface area contributed by atoms with Crippen molar-refractivity contribution in [3.8, 4) is 0 Å². The topological polar surface area (TPSA) is 69.6 Å². The summed E-state index contributed by atoms with van der Waals surface area (Å²) < 4.78 is 14.1. The molecule has 0 fully saturated rings. The molecule has 1 aromatic rings. The molecule has 1 aromatic carbocycles. The van der Waals surface area contributed by atoms with Gasteiger partial charge in [-0.25, -0.2) is 4.39 Å². The van der Waals surface area contributed by atoms with Crippen molar-refractivity contribution in [2.24, 2.45) is 0 Å². The molecule has 7 heteroatoms. The molecule has 20 heavy (non-hydrogen) atoms. The Bertz CT molecular complexity index is 497. The molecule has 0 aliphatic carbocycles. The van der Waals surface area contributed by atoms with Gasteiger partial charge < -0.3 is 15.3 Å². The van der Waals surface area contributed by atoms with Gasteiger partial charge in [0.1, 0.15) is 5.82 Å². The third kappa shape index (κ3) is 6.12. The standard InChI is InChI=1S/C13H16BrFN2O3/c1-17(7-5-13(19)20)6-4-12(18)16-11-3-2-9(14)8-10(11)15/h2-3,8H,4-7H2,1H3,(H,16,18)(H,19,20). The van der Waals surface area contributed by atoms with E-state index >= 15 is 0 Å². The first-order valence-corrected chi connectivity index (χ1v) is 6.83. The Morgan fingerprint density at radius 2 is 2.00 bits per heavy atom. The predicted octanol–water partition coefficient (Wildman–Crippen LogP) is 2.32. The first-order chi connectivity index (χ1) is 9.38. The molecule has 0 aliphatic rings. The molecule has 2 N–H and O–H groups in total. The fourth-order valence-electron chi connectivity index (χ4n) is 1.49. The molecule has 0 atom stereocenters. The summed E-state index contributed by atoms with van der Waals surface area (Å²) in [5, 5.41) is 11.0. The van der Waals surface area contributed by atoms with E-state index in [4.69, 9.17) is 5.11 Å². The Kier molecular flexibility index (Phi) is 6.60. The van der Waals surface area contributed by atoms with E-state index in [9.17, 15) is 14.0 Å². The maximum absolute atomic E-state index is 13.5. The number of hydrogen-bond acceptors (Lipinski definition) is 3. The van der Waals surface area contributed by atoms with E-state index in [0.717, 1.165) is 0 Å². The van der Waals surface area contributed by atoms with Crippen molar-refractivity contribution in [3.63, 3.8) is 0 Å². The van der Waals surface area contributed by atoms with Gasteiger partial charge in [0.05, 0.1) is 12.1 Å². The zero-order valence-electron chi connectivity index (χ0n) is 11.0. The Labute approximate surface area is 124 Å². The lowest BCUT2D eigenvalue weighted by atomic mass is 10.3. The van der Waals surface area contributed by atoms with Gasteiger partial charge in [-0.3, -0.25) is 9.59 Å². The summed E-state index contributed by atoms with van der Waals surface area (Å²) in [6.07, 6.45) is 0.199. The van der Waals surface area contributed by atoms with E-state index in [-0.39, 0.29) is 24.4 Å². The van der Waals surface area contributed by atoms with Crippen LogP contribution in [0, 0.1) is 5.82 Å². The molecule has 0 aromatic heterocycles. The molecule has 0 unspecified atom stereocenters. The molecular formula is C13H16BrFN2O3. The average Bonchev–Trinajstić information content (AvgIpc) is 2.37. The number of anilines is 1. The number of benzene rings is 1. The van der Waals surface area contributed by atoms with Crippen LogP contribution in [0.15, 0.2) is 22.7 Å². The minimum Gasteiger partial charge on any atom is -0.481 e. The van der Waals surface area contributed by atoms with Gasteiger partial charge in [-0.2, -0.15) is 0 Å². The van der Waals surface area contributed by atoms with Gasteiger partial charge in [-0.05, 0) is 25.2 Å². The van der Waals surface area contributed by atoms with E-state index < -0.39 is 11.8 Å². The fourth-order valence-corrected chi connectivity index (χ4v) is 1.83. The molecule has 0 heterocycles. The zero-order valence-corrected chi connectivity index (χ0v) is 12.6. The summed E-state index contributed by atoms with van der Waals surface area (Å²) in [5.74, 6) is -1.70. The van der Waals surface area contributed by atoms with Crippen LogP contribution >= 0.6 is 15.9 Å². The van der Waals surface area contributed by atoms with Gasteiger partial charge in [0.2, 0.25) is 5.91 Å². The van der Waals surface area contributed by atoms with Crippen LogP contribution < -0.4 is 5.32 Å². The second-order valence-corrected chi connectivity index (χ2v) is 5.29. The van der Waals surface area contributed by atoms with Gasteiger partial charge in [0, 0.05) is 24.0 Å². The summed E-state index contributed by atoms with van der Waals surface area (Å²) in [6, 6.07) is 4.39. The van der Waals surface area contributed by atoms with Crippen LogP contribution in [0.25, 0.3) is 0 Å². The van der Waals surface area contributed by atoms with Crippen LogP contribution in [0.5, 0.6) is 0 Å². The third-order valence-electron chi connectivity index (χ3n) is 2.63. The van der Waals surface area contributed by atoms with Crippen LogP contribution in [0.3, 0.4) is 0 Å². The van der Waals surface area contributed by atoms with Crippen LogP contribution in [-0.4, -0.2) is 42.0 Å². The Morgan fingerprint density at radius 1 is 1.35 bits per heavy atom. The van der Waals surface area contributed by atoms with Gasteiger partial charge in [-0.1, -0.05) is 15.9 Å². The zero-order chi connectivity index (χ0) is 15.1. The fraction of sp³-hybridized carbons (Fsp3) is 0.385. The van der Waals surface area contributed by atoms with Crippen LogP contribution in [0.4, 0.5) is 10.1 Å². The lowest BCUT2D eigenvalue weighted by Gasteiger charge is -2.15. The van der Waals surface area contributed by atoms with Gasteiger partial charge in [-0.15, -0.1) is 0 Å². The summed E-state index contributed by atoms with van der Waals surface area (Å²) in [4.78, 5) is 23.8. The monoisotopic (exact) mass is 346 g/mol. The van der Waals surface area contributed by atoms with E-state index in [1.165, 1.54) is 12.1 Å². The molecule has 0 saturated heterocycles. The lowest BCUT2D eigenvalue weighted by Crippen LogP contribution is -2.26. The number of aliphatic carboxylic acids is 1. The number of carboxylic acid groups (broad SMARTS) is 1. The molecule has 0 bridgehead atoms. The Balaban J connectivity index is 2.38. The SMILES string of the molecule is CN(CCC(=O)O)CCC(=O)Nc1ccc(Br)cc1F. The quantitative estimate of drug-likeness (QED) is 0.794. The van der Waals surface area contributed by atoms with Crippen molar-refractivity contribution in [2.45, 2.75) is 12.8 Å². The van der Waals surface area contributed by atoms with Crippen molar-refractivity contribution in [3.05, 3.63) is 28.5 Å². The maximum atomic E-state index is 13.5. The van der Waals surface area contributed by atoms with E-state index in [0.29, 0.717) is 17.6 Å². The summed E-state index contributed by atoms with van der Waals surface area (Å²) in [7, 11) is 1.73. The molecule has 0 aliphatic heterocycles. The first kappa shape index (κ1) is 16.6. The largest absolute Gasteiger partial charge is 0.481 e. The van der Waals surface area contributed by atoms with Gasteiger partial charge in [0.15, 0.2) is 0 Å². The van der Waals surface area contributed by atoms with Crippen LogP contribution in [0.2, 0.25) is 0 Å². The van der Waals surface area contributed by atoms with E-state index in [1.807, 2.05) is 0 Å². The summed E-state index contributed by atoms with van der Waals surface area (Å²) in [5.41, 5.74) is 0.131. The number of halogens is 2. The summed E-state index contributed by atoms with van der Waals surface area (Å²) in [6.45, 7) is 0.784. The Hall–Kier alpha value is -1.47. The molecule has 110 valence electrons. The predicted molar refractivity (Wildman–Crippen MR) is 77.1 cm³/mol. The molecular weight excluding hydrogens is 331 g/mol. The van der Waals surface area contributed by atoms with Crippen molar-refractivity contribution in [2.75, 3.05) is 25.5 Å². The average molecular weight is 347 g/mol. The highest BCUT2D eigenvalue weighted by atomic mass is 79.9. The lowest BCUT2D eigenvalue weighted by molar-refractivity contribution is -0.137. The van der Waals surface area contributed by atoms with Crippen molar-refractivity contribution < 1.29 is 19.1 Å². The molecule has 0 spiro atoms. The molecule has 1 amide bonds. The highest BCUT2D eigenvalue weighted by Crippen LogP contribution is 2.19. The van der Waals surface area contributed by atoms with Crippen molar-refractivity contribution >= 4 is 33.5 Å². The molecule has 1 rings (SSSR count). The van der Waals surface area contributed by atoms with E-state index in [1.54, 1.807) is 18.0 Å². The van der Waals surface area contributed by atoms with Crippen molar-refractivity contribution in [1.29, 1.82) is 0 Å². The van der Waals surface area contributed by atoms with Crippen LogP contribution in [-0.2, 0) is 9.59 Å². The number of rotatable bonds is 7. The number of amides is 1. The molecule has 0 radical (unpaired) electrons. The van der Waals surface area contributed by atoms with E-state index in [2.05, 4.69) is 21.2 Å². The number of carbonyl (C=O) groups excluding carboxylic acids is 1. The number of carbonyl (C=O) groups is 2. The summed E-state index contributed by atoms with van der Waals surface area (Å²) >= 11 is 3.13.